The maximum Gasteiger partial charge on any atom is 0.471 e. The Morgan fingerprint density at radius 3 is 2.44 bits per heavy atom. The summed E-state index contributed by atoms with van der Waals surface area (Å²) in [4.78, 5) is 16.0. The van der Waals surface area contributed by atoms with Gasteiger partial charge in [0.15, 0.2) is 0 Å². The summed E-state index contributed by atoms with van der Waals surface area (Å²) in [6.45, 7) is 0. The van der Waals surface area contributed by atoms with Crippen LogP contribution >= 0.6 is 0 Å². The van der Waals surface area contributed by atoms with Gasteiger partial charge in [-0.15, -0.1) is 0 Å². The third-order valence-electron chi connectivity index (χ3n) is 3.93. The first-order valence-corrected chi connectivity index (χ1v) is 7.65. The predicted octanol–water partition coefficient (Wildman–Crippen LogP) is 4.54. The van der Waals surface area contributed by atoms with Gasteiger partial charge in [-0.05, 0) is 36.4 Å². The average Bonchev–Trinajstić information content (AvgIpc) is 3.28. The van der Waals surface area contributed by atoms with E-state index in [1.807, 2.05) is 0 Å². The molecular formula is C18H9F4N3O2. The Morgan fingerprint density at radius 1 is 1.04 bits per heavy atom. The van der Waals surface area contributed by atoms with Crippen LogP contribution in [-0.2, 0) is 6.18 Å². The summed E-state index contributed by atoms with van der Waals surface area (Å²) >= 11 is 0. The first-order valence-electron chi connectivity index (χ1n) is 7.65. The number of rotatable bonds is 2. The highest BCUT2D eigenvalue weighted by molar-refractivity contribution is 6.02. The fraction of sp³-hybridized carbons (Fsp3) is 0.0556. The highest BCUT2D eigenvalue weighted by atomic mass is 19.4. The molecule has 0 bridgehead atoms. The van der Waals surface area contributed by atoms with E-state index in [2.05, 4.69) is 14.7 Å². The zero-order valence-corrected chi connectivity index (χ0v) is 13.4. The Labute approximate surface area is 148 Å². The monoisotopic (exact) mass is 375 g/mol. The van der Waals surface area contributed by atoms with Crippen LogP contribution in [0.15, 0.2) is 59.3 Å². The summed E-state index contributed by atoms with van der Waals surface area (Å²) in [7, 11) is 0. The average molecular weight is 375 g/mol. The summed E-state index contributed by atoms with van der Waals surface area (Å²) in [6, 6.07) is 11.4. The molecule has 136 valence electrons. The van der Waals surface area contributed by atoms with Crippen LogP contribution in [0, 0.1) is 5.82 Å². The van der Waals surface area contributed by atoms with Gasteiger partial charge in [0.1, 0.15) is 5.82 Å². The molecule has 0 saturated carbocycles. The van der Waals surface area contributed by atoms with Gasteiger partial charge in [0.2, 0.25) is 5.82 Å². The van der Waals surface area contributed by atoms with Crippen LogP contribution in [-0.4, -0.2) is 20.6 Å². The van der Waals surface area contributed by atoms with Crippen LogP contribution in [0.25, 0.3) is 22.3 Å². The van der Waals surface area contributed by atoms with Crippen molar-refractivity contribution < 1.29 is 26.9 Å². The van der Waals surface area contributed by atoms with Gasteiger partial charge in [0.05, 0.1) is 5.52 Å². The molecule has 4 rings (SSSR count). The van der Waals surface area contributed by atoms with Gasteiger partial charge < -0.3 is 4.52 Å². The molecule has 2 aromatic heterocycles. The number of carbonyl (C=O) groups excluding carboxylic acids is 1. The Bertz CT molecular complexity index is 1140. The van der Waals surface area contributed by atoms with E-state index in [9.17, 15) is 22.4 Å². The molecule has 0 unspecified atom stereocenters. The lowest BCUT2D eigenvalue weighted by atomic mass is 10.1. The fourth-order valence-corrected chi connectivity index (χ4v) is 2.63. The van der Waals surface area contributed by atoms with Crippen LogP contribution in [0.2, 0.25) is 0 Å². The molecule has 0 aliphatic heterocycles. The Morgan fingerprint density at radius 2 is 1.78 bits per heavy atom. The van der Waals surface area contributed by atoms with Crippen LogP contribution in [0.3, 0.4) is 0 Å². The molecule has 0 amide bonds. The topological polar surface area (TPSA) is 60.9 Å². The first kappa shape index (κ1) is 17.0. The molecule has 27 heavy (non-hydrogen) atoms. The fourth-order valence-electron chi connectivity index (χ4n) is 2.63. The maximum absolute atomic E-state index is 13.1. The molecular weight excluding hydrogens is 366 g/mol. The van der Waals surface area contributed by atoms with Crippen LogP contribution in [0.1, 0.15) is 16.2 Å². The van der Waals surface area contributed by atoms with Gasteiger partial charge >= 0.3 is 12.1 Å². The van der Waals surface area contributed by atoms with Crippen molar-refractivity contribution in [1.29, 1.82) is 0 Å². The number of hydrogen-bond acceptors (Lipinski definition) is 4. The quantitative estimate of drug-likeness (QED) is 0.483. The van der Waals surface area contributed by atoms with E-state index in [4.69, 9.17) is 0 Å². The summed E-state index contributed by atoms with van der Waals surface area (Å²) in [5.74, 6) is -2.57. The van der Waals surface area contributed by atoms with Gasteiger partial charge in [-0.1, -0.05) is 17.3 Å². The van der Waals surface area contributed by atoms with E-state index in [1.54, 1.807) is 12.1 Å². The van der Waals surface area contributed by atoms with Crippen molar-refractivity contribution in [2.75, 3.05) is 0 Å². The summed E-state index contributed by atoms with van der Waals surface area (Å²) in [5.41, 5.74) is 0.965. The lowest BCUT2D eigenvalue weighted by Gasteiger charge is -2.05. The minimum atomic E-state index is -4.74. The lowest BCUT2D eigenvalue weighted by molar-refractivity contribution is -0.159. The van der Waals surface area contributed by atoms with Crippen molar-refractivity contribution in [1.82, 2.24) is 14.7 Å². The summed E-state index contributed by atoms with van der Waals surface area (Å²) < 4.78 is 56.5. The van der Waals surface area contributed by atoms with Crippen molar-refractivity contribution in [2.45, 2.75) is 6.18 Å². The van der Waals surface area contributed by atoms with E-state index in [0.29, 0.717) is 10.9 Å². The second-order valence-electron chi connectivity index (χ2n) is 5.69. The van der Waals surface area contributed by atoms with Gasteiger partial charge in [-0.2, -0.15) is 18.2 Å². The minimum absolute atomic E-state index is 0.244. The van der Waals surface area contributed by atoms with E-state index in [0.717, 1.165) is 0 Å². The van der Waals surface area contributed by atoms with Crippen LogP contribution in [0.4, 0.5) is 17.6 Å². The molecule has 0 fully saturated rings. The highest BCUT2D eigenvalue weighted by Gasteiger charge is 2.38. The molecule has 0 atom stereocenters. The highest BCUT2D eigenvalue weighted by Crippen LogP contribution is 2.30. The van der Waals surface area contributed by atoms with E-state index in [-0.39, 0.29) is 17.0 Å². The molecule has 0 spiro atoms. The molecule has 0 saturated heterocycles. The SMILES string of the molecule is O=C(c1ccc(F)cc1)n1ccc2ccc(-c3noc(C(F)(F)F)n3)cc21. The summed E-state index contributed by atoms with van der Waals surface area (Å²) in [6.07, 6.45) is -3.22. The molecule has 0 radical (unpaired) electrons. The second kappa shape index (κ2) is 6.04. The number of fused-ring (bicyclic) bond motifs is 1. The molecule has 5 nitrogen and oxygen atoms in total. The molecule has 4 aromatic rings. The largest absolute Gasteiger partial charge is 0.471 e. The number of aromatic nitrogens is 3. The Kier molecular flexibility index (Phi) is 3.79. The number of benzene rings is 2. The van der Waals surface area contributed by atoms with Gasteiger partial charge in [0, 0.05) is 22.7 Å². The number of alkyl halides is 3. The maximum atomic E-state index is 13.1. The standard InChI is InChI=1S/C18H9F4N3O2/c19-13-5-3-11(4-6-13)16(26)25-8-7-10-1-2-12(9-14(10)25)15-23-17(27-24-15)18(20,21)22/h1-9H. The van der Waals surface area contributed by atoms with Crippen molar-refractivity contribution in [2.24, 2.45) is 0 Å². The second-order valence-corrected chi connectivity index (χ2v) is 5.69. The third-order valence-corrected chi connectivity index (χ3v) is 3.93. The summed E-state index contributed by atoms with van der Waals surface area (Å²) in [5, 5.41) is 4.03. The van der Waals surface area contributed by atoms with Crippen molar-refractivity contribution >= 4 is 16.8 Å². The normalized spacial score (nSPS) is 11.9. The molecule has 0 N–H and O–H groups in total. The molecule has 9 heteroatoms. The Hall–Kier alpha value is -3.49. The first-order chi connectivity index (χ1) is 12.8. The zero-order valence-electron chi connectivity index (χ0n) is 13.4. The lowest BCUT2D eigenvalue weighted by Crippen LogP contribution is -2.10. The molecule has 2 aromatic carbocycles. The predicted molar refractivity (Wildman–Crippen MR) is 86.4 cm³/mol. The van der Waals surface area contributed by atoms with Crippen LogP contribution in [0.5, 0.6) is 0 Å². The van der Waals surface area contributed by atoms with Crippen LogP contribution < -0.4 is 0 Å². The molecule has 2 heterocycles. The van der Waals surface area contributed by atoms with Gasteiger partial charge in [0.25, 0.3) is 5.91 Å². The molecule has 0 aliphatic carbocycles. The van der Waals surface area contributed by atoms with Gasteiger partial charge in [-0.25, -0.2) is 4.39 Å². The number of carbonyl (C=O) groups is 1. The third kappa shape index (κ3) is 3.07. The molecule has 0 aliphatic rings. The van der Waals surface area contributed by atoms with E-state index >= 15 is 0 Å². The van der Waals surface area contributed by atoms with Crippen molar-refractivity contribution in [3.8, 4) is 11.4 Å². The smallest absolute Gasteiger partial charge is 0.329 e. The minimum Gasteiger partial charge on any atom is -0.329 e. The number of halogens is 4. The van der Waals surface area contributed by atoms with E-state index < -0.39 is 23.8 Å². The zero-order chi connectivity index (χ0) is 19.2. The van der Waals surface area contributed by atoms with Crippen molar-refractivity contribution in [3.05, 3.63) is 72.0 Å². The number of hydrogen-bond donors (Lipinski definition) is 0. The van der Waals surface area contributed by atoms with Crippen molar-refractivity contribution in [3.63, 3.8) is 0 Å². The van der Waals surface area contributed by atoms with E-state index in [1.165, 1.54) is 47.2 Å². The van der Waals surface area contributed by atoms with Gasteiger partial charge in [-0.3, -0.25) is 9.36 Å². The Balaban J connectivity index is 1.76. The number of nitrogens with zero attached hydrogens (tertiary/aromatic N) is 3.